The van der Waals surface area contributed by atoms with E-state index in [1.54, 1.807) is 0 Å². The minimum absolute atomic E-state index is 0.185. The molecule has 2 rings (SSSR count). The maximum absolute atomic E-state index is 4.17. The fraction of sp³-hybridized carbons (Fsp3) is 0.364. The van der Waals surface area contributed by atoms with Crippen molar-refractivity contribution in [1.82, 2.24) is 10.2 Å². The lowest BCUT2D eigenvalue weighted by Gasteiger charge is -2.18. The Morgan fingerprint density at radius 1 is 1.29 bits per heavy atom. The number of hydrogen-bond donors (Lipinski definition) is 1. The highest BCUT2D eigenvalue weighted by Crippen LogP contribution is 2.28. The van der Waals surface area contributed by atoms with Crippen LogP contribution in [0, 0.1) is 0 Å². The number of fused-ring (bicyclic) bond motifs is 1. The van der Waals surface area contributed by atoms with E-state index in [1.807, 2.05) is 0 Å². The Kier molecular flexibility index (Phi) is 2.14. The van der Waals surface area contributed by atoms with Crippen LogP contribution >= 0.6 is 15.9 Å². The molecule has 14 heavy (non-hydrogen) atoms. The van der Waals surface area contributed by atoms with Crippen LogP contribution in [0.3, 0.4) is 0 Å². The van der Waals surface area contributed by atoms with Crippen LogP contribution in [0.25, 0.3) is 10.9 Å². The molecule has 1 aromatic heterocycles. The summed E-state index contributed by atoms with van der Waals surface area (Å²) >= 11 is 3.45. The fourth-order valence-corrected chi connectivity index (χ4v) is 1.85. The zero-order chi connectivity index (χ0) is 10.3. The molecule has 0 saturated heterocycles. The Bertz CT molecular complexity index is 466. The van der Waals surface area contributed by atoms with Crippen LogP contribution in [0.4, 0.5) is 0 Å². The summed E-state index contributed by atoms with van der Waals surface area (Å²) in [6.45, 7) is 6.63. The van der Waals surface area contributed by atoms with Gasteiger partial charge < -0.3 is 0 Å². The quantitative estimate of drug-likeness (QED) is 0.763. The van der Waals surface area contributed by atoms with E-state index in [4.69, 9.17) is 0 Å². The predicted molar refractivity (Wildman–Crippen MR) is 62.5 cm³/mol. The van der Waals surface area contributed by atoms with Gasteiger partial charge in [-0.05, 0) is 39.0 Å². The molecule has 0 fully saturated rings. The van der Waals surface area contributed by atoms with E-state index in [9.17, 15) is 0 Å². The van der Waals surface area contributed by atoms with Gasteiger partial charge in [0.05, 0.1) is 5.52 Å². The Balaban J connectivity index is 2.66. The normalized spacial score (nSPS) is 12.3. The highest BCUT2D eigenvalue weighted by atomic mass is 79.9. The largest absolute Gasteiger partial charge is 0.270 e. The number of nitrogens with one attached hydrogen (secondary N) is 1. The van der Waals surface area contributed by atoms with Crippen LogP contribution in [0.15, 0.2) is 22.8 Å². The smallest absolute Gasteiger partial charge is 0.108 e. The Labute approximate surface area is 91.8 Å². The van der Waals surface area contributed by atoms with E-state index in [0.29, 0.717) is 0 Å². The van der Waals surface area contributed by atoms with Crippen molar-refractivity contribution in [2.24, 2.45) is 0 Å². The standard InChI is InChI=1S/C11H13BrN2/c1-11(2,3)7-4-5-9-8(6-7)10(12)14-13-9/h4-6H,1-3H3,(H,13,14). The monoisotopic (exact) mass is 252 g/mol. The molecule has 0 saturated carbocycles. The molecular formula is C11H13BrN2. The SMILES string of the molecule is CC(C)(C)c1ccc2n[nH]c(Br)c2c1. The van der Waals surface area contributed by atoms with E-state index in [1.165, 1.54) is 5.56 Å². The number of H-pyrrole nitrogens is 1. The van der Waals surface area contributed by atoms with Crippen LogP contribution in [-0.2, 0) is 5.41 Å². The maximum atomic E-state index is 4.17. The van der Waals surface area contributed by atoms with Gasteiger partial charge in [0.15, 0.2) is 0 Å². The van der Waals surface area contributed by atoms with Crippen molar-refractivity contribution in [2.75, 3.05) is 0 Å². The summed E-state index contributed by atoms with van der Waals surface area (Å²) in [6.07, 6.45) is 0. The van der Waals surface area contributed by atoms with Gasteiger partial charge in [-0.3, -0.25) is 5.10 Å². The van der Waals surface area contributed by atoms with Gasteiger partial charge in [-0.25, -0.2) is 0 Å². The lowest BCUT2D eigenvalue weighted by Crippen LogP contribution is -2.10. The second-order valence-electron chi connectivity index (χ2n) is 4.52. The third-order valence-corrected chi connectivity index (χ3v) is 2.98. The first-order valence-corrected chi connectivity index (χ1v) is 5.42. The maximum Gasteiger partial charge on any atom is 0.108 e. The summed E-state index contributed by atoms with van der Waals surface area (Å²) < 4.78 is 0.957. The molecule has 2 aromatic rings. The van der Waals surface area contributed by atoms with E-state index in [2.05, 4.69) is 65.1 Å². The van der Waals surface area contributed by atoms with Crippen LogP contribution in [0.2, 0.25) is 0 Å². The first-order chi connectivity index (χ1) is 6.48. The van der Waals surface area contributed by atoms with E-state index >= 15 is 0 Å². The molecule has 0 spiro atoms. The molecule has 74 valence electrons. The van der Waals surface area contributed by atoms with Gasteiger partial charge in [0.25, 0.3) is 0 Å². The summed E-state index contributed by atoms with van der Waals surface area (Å²) in [5.74, 6) is 0. The molecule has 3 heteroatoms. The van der Waals surface area contributed by atoms with Crippen molar-refractivity contribution in [2.45, 2.75) is 26.2 Å². The van der Waals surface area contributed by atoms with Crippen molar-refractivity contribution in [1.29, 1.82) is 0 Å². The van der Waals surface area contributed by atoms with Gasteiger partial charge in [-0.2, -0.15) is 5.10 Å². The minimum atomic E-state index is 0.185. The van der Waals surface area contributed by atoms with Crippen molar-refractivity contribution < 1.29 is 0 Å². The Hall–Kier alpha value is -0.830. The number of benzene rings is 1. The summed E-state index contributed by atoms with van der Waals surface area (Å²) in [5, 5.41) is 8.24. The lowest BCUT2D eigenvalue weighted by atomic mass is 9.86. The molecule has 0 aliphatic heterocycles. The summed E-state index contributed by atoms with van der Waals surface area (Å²) in [6, 6.07) is 6.37. The Morgan fingerprint density at radius 3 is 2.64 bits per heavy atom. The molecule has 0 aliphatic carbocycles. The van der Waals surface area contributed by atoms with Gasteiger partial charge in [0, 0.05) is 5.39 Å². The number of halogens is 1. The minimum Gasteiger partial charge on any atom is -0.270 e. The summed E-state index contributed by atoms with van der Waals surface area (Å²) in [4.78, 5) is 0. The van der Waals surface area contributed by atoms with Crippen LogP contribution < -0.4 is 0 Å². The second-order valence-corrected chi connectivity index (χ2v) is 5.31. The van der Waals surface area contributed by atoms with E-state index in [-0.39, 0.29) is 5.41 Å². The highest BCUT2D eigenvalue weighted by Gasteiger charge is 2.14. The number of rotatable bonds is 0. The van der Waals surface area contributed by atoms with Crippen LogP contribution in [0.1, 0.15) is 26.3 Å². The van der Waals surface area contributed by atoms with Gasteiger partial charge >= 0.3 is 0 Å². The van der Waals surface area contributed by atoms with Crippen LogP contribution in [-0.4, -0.2) is 10.2 Å². The van der Waals surface area contributed by atoms with Crippen molar-refractivity contribution in [3.8, 4) is 0 Å². The van der Waals surface area contributed by atoms with Gasteiger partial charge in [0.2, 0.25) is 0 Å². The number of aromatic amines is 1. The van der Waals surface area contributed by atoms with Crippen LogP contribution in [0.5, 0.6) is 0 Å². The molecule has 0 bridgehead atoms. The number of nitrogens with zero attached hydrogens (tertiary/aromatic N) is 1. The zero-order valence-corrected chi connectivity index (χ0v) is 10.1. The molecule has 0 amide bonds. The Morgan fingerprint density at radius 2 is 2.00 bits per heavy atom. The van der Waals surface area contributed by atoms with Crippen molar-refractivity contribution >= 4 is 26.8 Å². The topological polar surface area (TPSA) is 28.7 Å². The first-order valence-electron chi connectivity index (χ1n) is 4.62. The lowest BCUT2D eigenvalue weighted by molar-refractivity contribution is 0.591. The number of aromatic nitrogens is 2. The van der Waals surface area contributed by atoms with Crippen molar-refractivity contribution in [3.05, 3.63) is 28.4 Å². The molecule has 0 unspecified atom stereocenters. The van der Waals surface area contributed by atoms with E-state index in [0.717, 1.165) is 15.5 Å². The number of hydrogen-bond acceptors (Lipinski definition) is 1. The molecule has 1 N–H and O–H groups in total. The zero-order valence-electron chi connectivity index (χ0n) is 8.56. The molecule has 0 aliphatic rings. The van der Waals surface area contributed by atoms with Gasteiger partial charge in [-0.1, -0.05) is 26.8 Å². The second kappa shape index (κ2) is 3.09. The molecule has 0 atom stereocenters. The predicted octanol–water partition coefficient (Wildman–Crippen LogP) is 3.62. The molecular weight excluding hydrogens is 240 g/mol. The fourth-order valence-electron chi connectivity index (χ4n) is 1.45. The average Bonchev–Trinajstić information content (AvgIpc) is 2.46. The summed E-state index contributed by atoms with van der Waals surface area (Å²) in [7, 11) is 0. The molecule has 1 heterocycles. The molecule has 0 radical (unpaired) electrons. The third kappa shape index (κ3) is 1.57. The van der Waals surface area contributed by atoms with Gasteiger partial charge in [0.1, 0.15) is 4.60 Å². The van der Waals surface area contributed by atoms with Crippen molar-refractivity contribution in [3.63, 3.8) is 0 Å². The highest BCUT2D eigenvalue weighted by molar-refractivity contribution is 9.10. The van der Waals surface area contributed by atoms with E-state index < -0.39 is 0 Å². The molecule has 1 aromatic carbocycles. The average molecular weight is 253 g/mol. The van der Waals surface area contributed by atoms with Gasteiger partial charge in [-0.15, -0.1) is 0 Å². The first kappa shape index (κ1) is 9.71. The third-order valence-electron chi connectivity index (χ3n) is 2.37. The summed E-state index contributed by atoms with van der Waals surface area (Å²) in [5.41, 5.74) is 2.52. The molecule has 2 nitrogen and oxygen atoms in total.